The van der Waals surface area contributed by atoms with Crippen LogP contribution in [0.5, 0.6) is 0 Å². The number of rotatable bonds is 4. The largest absolute Gasteiger partial charge is 0.359 e. The van der Waals surface area contributed by atoms with E-state index in [2.05, 4.69) is 36.6 Å². The van der Waals surface area contributed by atoms with Crippen LogP contribution in [0.25, 0.3) is 5.65 Å². The van der Waals surface area contributed by atoms with Crippen LogP contribution in [0.1, 0.15) is 6.42 Å². The minimum absolute atomic E-state index is 0.0116. The Morgan fingerprint density at radius 2 is 2.41 bits per heavy atom. The maximum absolute atomic E-state index is 11.0. The summed E-state index contributed by atoms with van der Waals surface area (Å²) in [6, 6.07) is 3.78. The average molecular weight is 298 g/mol. The number of carbonyl (C=O) groups is 1. The number of aromatic nitrogens is 3. The molecule has 1 amide bonds. The highest BCUT2D eigenvalue weighted by atomic mass is 79.9. The highest BCUT2D eigenvalue weighted by Crippen LogP contribution is 2.16. The van der Waals surface area contributed by atoms with Gasteiger partial charge in [0.25, 0.3) is 0 Å². The third-order valence-electron chi connectivity index (χ3n) is 2.23. The fourth-order valence-corrected chi connectivity index (χ4v) is 1.78. The van der Waals surface area contributed by atoms with Crippen LogP contribution in [0.2, 0.25) is 0 Å². The van der Waals surface area contributed by atoms with E-state index in [0.29, 0.717) is 18.9 Å². The Labute approximate surface area is 107 Å². The van der Waals surface area contributed by atoms with Gasteiger partial charge >= 0.3 is 0 Å². The Bertz CT molecular complexity index is 538. The molecule has 2 heterocycles. The van der Waals surface area contributed by atoms with E-state index in [9.17, 15) is 4.79 Å². The normalized spacial score (nSPS) is 10.5. The molecule has 0 unspecified atom stereocenters. The summed E-state index contributed by atoms with van der Waals surface area (Å²) in [5.41, 5.74) is 0.745. The van der Waals surface area contributed by atoms with Crippen LogP contribution in [0.3, 0.4) is 0 Å². The molecule has 0 fully saturated rings. The van der Waals surface area contributed by atoms with Gasteiger partial charge in [-0.05, 0) is 28.1 Å². The lowest BCUT2D eigenvalue weighted by molar-refractivity contribution is -0.120. The van der Waals surface area contributed by atoms with Crippen molar-refractivity contribution < 1.29 is 4.79 Å². The second-order valence-electron chi connectivity index (χ2n) is 3.41. The zero-order chi connectivity index (χ0) is 12.3. The smallest absolute Gasteiger partial charge is 0.243 e. The molecule has 0 aromatic carbocycles. The van der Waals surface area contributed by atoms with Gasteiger partial charge < -0.3 is 10.6 Å². The lowest BCUT2D eigenvalue weighted by Gasteiger charge is -1.99. The molecular formula is C10H12BrN5O. The standard InChI is InChI=1S/C10H12BrN5O/c1-12-8(17)4-5-13-10-14-9-7(11)3-2-6-16(9)15-10/h2-3,6H,4-5H2,1H3,(H,12,17)(H,13,15). The van der Waals surface area contributed by atoms with Crippen molar-refractivity contribution in [2.45, 2.75) is 6.42 Å². The molecule has 90 valence electrons. The van der Waals surface area contributed by atoms with Gasteiger partial charge in [-0.2, -0.15) is 4.98 Å². The van der Waals surface area contributed by atoms with Gasteiger partial charge in [-0.3, -0.25) is 4.79 Å². The summed E-state index contributed by atoms with van der Waals surface area (Å²) in [5, 5.41) is 9.79. The van der Waals surface area contributed by atoms with E-state index in [1.54, 1.807) is 11.6 Å². The Kier molecular flexibility index (Phi) is 3.58. The van der Waals surface area contributed by atoms with Crippen molar-refractivity contribution in [1.82, 2.24) is 19.9 Å². The van der Waals surface area contributed by atoms with Crippen LogP contribution < -0.4 is 10.6 Å². The summed E-state index contributed by atoms with van der Waals surface area (Å²) in [6.45, 7) is 0.508. The first-order chi connectivity index (χ1) is 8.20. The van der Waals surface area contributed by atoms with E-state index in [-0.39, 0.29) is 5.91 Å². The van der Waals surface area contributed by atoms with Gasteiger partial charge in [-0.1, -0.05) is 0 Å². The number of hydrogen-bond donors (Lipinski definition) is 2. The van der Waals surface area contributed by atoms with Crippen LogP contribution in [0.15, 0.2) is 22.8 Å². The summed E-state index contributed by atoms with van der Waals surface area (Å²) in [4.78, 5) is 15.3. The molecule has 0 bridgehead atoms. The molecule has 2 rings (SSSR count). The Morgan fingerprint density at radius 1 is 1.59 bits per heavy atom. The summed E-state index contributed by atoms with van der Waals surface area (Å²) in [5.74, 6) is 0.503. The van der Waals surface area contributed by atoms with Crippen molar-refractivity contribution in [2.24, 2.45) is 0 Å². The summed E-state index contributed by atoms with van der Waals surface area (Å²) >= 11 is 3.40. The summed E-state index contributed by atoms with van der Waals surface area (Å²) in [7, 11) is 1.61. The van der Waals surface area contributed by atoms with Crippen molar-refractivity contribution in [2.75, 3.05) is 18.9 Å². The minimum atomic E-state index is -0.0116. The molecule has 2 aromatic heterocycles. The minimum Gasteiger partial charge on any atom is -0.359 e. The predicted octanol–water partition coefficient (Wildman–Crippen LogP) is 1.04. The first kappa shape index (κ1) is 11.8. The lowest BCUT2D eigenvalue weighted by atomic mass is 10.4. The number of amides is 1. The zero-order valence-corrected chi connectivity index (χ0v) is 10.9. The lowest BCUT2D eigenvalue weighted by Crippen LogP contribution is -2.21. The Hall–Kier alpha value is -1.63. The van der Waals surface area contributed by atoms with Gasteiger partial charge in [-0.15, -0.1) is 5.10 Å². The van der Waals surface area contributed by atoms with Crippen LogP contribution in [0.4, 0.5) is 5.95 Å². The topological polar surface area (TPSA) is 71.3 Å². The summed E-state index contributed by atoms with van der Waals surface area (Å²) in [6.07, 6.45) is 2.21. The highest BCUT2D eigenvalue weighted by Gasteiger charge is 2.06. The van der Waals surface area contributed by atoms with E-state index >= 15 is 0 Å². The van der Waals surface area contributed by atoms with Gasteiger partial charge in [0.05, 0.1) is 4.47 Å². The van der Waals surface area contributed by atoms with Gasteiger partial charge in [-0.25, -0.2) is 4.52 Å². The molecule has 0 spiro atoms. The third kappa shape index (κ3) is 2.73. The second kappa shape index (κ2) is 5.13. The van der Waals surface area contributed by atoms with Crippen molar-refractivity contribution in [3.05, 3.63) is 22.8 Å². The first-order valence-corrected chi connectivity index (χ1v) is 5.95. The molecular weight excluding hydrogens is 286 g/mol. The van der Waals surface area contributed by atoms with Crippen molar-refractivity contribution >= 4 is 33.4 Å². The predicted molar refractivity (Wildman–Crippen MR) is 67.9 cm³/mol. The van der Waals surface area contributed by atoms with Gasteiger partial charge in [0.15, 0.2) is 5.65 Å². The van der Waals surface area contributed by atoms with Crippen molar-refractivity contribution in [3.8, 4) is 0 Å². The van der Waals surface area contributed by atoms with E-state index in [4.69, 9.17) is 0 Å². The van der Waals surface area contributed by atoms with Crippen LogP contribution in [-0.2, 0) is 4.79 Å². The van der Waals surface area contributed by atoms with Crippen molar-refractivity contribution in [1.29, 1.82) is 0 Å². The molecule has 2 N–H and O–H groups in total. The van der Waals surface area contributed by atoms with Crippen LogP contribution >= 0.6 is 15.9 Å². The number of pyridine rings is 1. The number of nitrogens with one attached hydrogen (secondary N) is 2. The van der Waals surface area contributed by atoms with E-state index < -0.39 is 0 Å². The molecule has 0 saturated carbocycles. The average Bonchev–Trinajstić information content (AvgIpc) is 2.73. The van der Waals surface area contributed by atoms with Crippen LogP contribution in [0, 0.1) is 0 Å². The number of nitrogens with zero attached hydrogens (tertiary/aromatic N) is 3. The van der Waals surface area contributed by atoms with Crippen molar-refractivity contribution in [3.63, 3.8) is 0 Å². The summed E-state index contributed by atoms with van der Waals surface area (Å²) < 4.78 is 2.55. The maximum atomic E-state index is 11.0. The van der Waals surface area contributed by atoms with Crippen LogP contribution in [-0.4, -0.2) is 34.1 Å². The monoisotopic (exact) mass is 297 g/mol. The SMILES string of the molecule is CNC(=O)CCNc1nc2c(Br)cccn2n1. The molecule has 0 radical (unpaired) electrons. The first-order valence-electron chi connectivity index (χ1n) is 5.16. The number of anilines is 1. The molecule has 2 aromatic rings. The number of hydrogen-bond acceptors (Lipinski definition) is 4. The molecule has 7 heteroatoms. The fourth-order valence-electron chi connectivity index (χ4n) is 1.36. The molecule has 0 aliphatic heterocycles. The number of carbonyl (C=O) groups excluding carboxylic acids is 1. The quantitative estimate of drug-likeness (QED) is 0.885. The van der Waals surface area contributed by atoms with Gasteiger partial charge in [0.1, 0.15) is 0 Å². The molecule has 6 nitrogen and oxygen atoms in total. The molecule has 0 aliphatic carbocycles. The molecule has 0 saturated heterocycles. The third-order valence-corrected chi connectivity index (χ3v) is 2.85. The van der Waals surface area contributed by atoms with Gasteiger partial charge in [0, 0.05) is 26.2 Å². The number of halogens is 1. The Balaban J connectivity index is 2.05. The Morgan fingerprint density at radius 3 is 3.12 bits per heavy atom. The molecule has 17 heavy (non-hydrogen) atoms. The zero-order valence-electron chi connectivity index (χ0n) is 9.27. The van der Waals surface area contributed by atoms with E-state index in [0.717, 1.165) is 10.1 Å². The van der Waals surface area contributed by atoms with Gasteiger partial charge in [0.2, 0.25) is 11.9 Å². The number of fused-ring (bicyclic) bond motifs is 1. The molecule has 0 aliphatic rings. The van der Waals surface area contributed by atoms with E-state index in [1.165, 1.54) is 0 Å². The highest BCUT2D eigenvalue weighted by molar-refractivity contribution is 9.10. The van der Waals surface area contributed by atoms with E-state index in [1.807, 2.05) is 18.3 Å². The molecule has 0 atom stereocenters. The second-order valence-corrected chi connectivity index (χ2v) is 4.26. The maximum Gasteiger partial charge on any atom is 0.243 e. The fraction of sp³-hybridized carbons (Fsp3) is 0.300.